The molecule has 1 atom stereocenters. The average molecular weight is 437 g/mol. The van der Waals surface area contributed by atoms with Gasteiger partial charge in [-0.15, -0.1) is 0 Å². The first kappa shape index (κ1) is 24.4. The summed E-state index contributed by atoms with van der Waals surface area (Å²) in [4.78, 5) is 20.4. The summed E-state index contributed by atoms with van der Waals surface area (Å²) in [5.74, 6) is -4.30. The fourth-order valence-corrected chi connectivity index (χ4v) is 3.18. The number of halogens is 2. The molecule has 1 unspecified atom stereocenters. The Hall–Kier alpha value is -2.88. The number of carbonyl (C=O) groups is 2. The average Bonchev–Trinajstić information content (AvgIpc) is 3.24. The molecule has 31 heavy (non-hydrogen) atoms. The van der Waals surface area contributed by atoms with Gasteiger partial charge in [0.25, 0.3) is 0 Å². The van der Waals surface area contributed by atoms with Gasteiger partial charge in [-0.25, -0.2) is 18.4 Å². The zero-order chi connectivity index (χ0) is 22.8. The summed E-state index contributed by atoms with van der Waals surface area (Å²) in [6.45, 7) is 2.77. The summed E-state index contributed by atoms with van der Waals surface area (Å²) in [6.07, 6.45) is 1.26. The molecule has 0 aliphatic carbocycles. The number of nitrogens with zero attached hydrogens (tertiary/aromatic N) is 1. The molecule has 2 aromatic rings. The summed E-state index contributed by atoms with van der Waals surface area (Å²) in [5, 5.41) is 25.0. The van der Waals surface area contributed by atoms with Crippen molar-refractivity contribution >= 4 is 11.9 Å². The monoisotopic (exact) mass is 437 g/mol. The third-order valence-electron chi connectivity index (χ3n) is 4.65. The Bertz CT molecular complexity index is 781. The number of aliphatic hydroxyl groups is 1. The Balaban J connectivity index is 0.000000501. The maximum absolute atomic E-state index is 13.2. The van der Waals surface area contributed by atoms with Crippen molar-refractivity contribution in [1.29, 1.82) is 0 Å². The van der Waals surface area contributed by atoms with Gasteiger partial charge in [0, 0.05) is 6.54 Å². The normalized spacial score (nSPS) is 14.7. The summed E-state index contributed by atoms with van der Waals surface area (Å²) in [7, 11) is 0. The summed E-state index contributed by atoms with van der Waals surface area (Å²) in [5.41, 5.74) is 1.53. The van der Waals surface area contributed by atoms with Crippen LogP contribution in [0.25, 0.3) is 0 Å². The fraction of sp³-hybridized carbons (Fsp3) is 0.364. The lowest BCUT2D eigenvalue weighted by molar-refractivity contribution is -0.159. The van der Waals surface area contributed by atoms with Gasteiger partial charge in [-0.1, -0.05) is 24.3 Å². The Labute approximate surface area is 178 Å². The van der Waals surface area contributed by atoms with Crippen molar-refractivity contribution in [2.24, 2.45) is 0 Å². The number of aliphatic hydroxyl groups excluding tert-OH is 1. The van der Waals surface area contributed by atoms with Crippen molar-refractivity contribution in [3.8, 4) is 0 Å². The largest absolute Gasteiger partial charge is 0.473 e. The highest BCUT2D eigenvalue weighted by atomic mass is 19.1. The molecular weight excluding hydrogens is 412 g/mol. The molecule has 3 rings (SSSR count). The maximum Gasteiger partial charge on any atom is 0.414 e. The number of carboxylic acids is 2. The minimum absolute atomic E-state index is 0.163. The minimum Gasteiger partial charge on any atom is -0.473 e. The van der Waals surface area contributed by atoms with E-state index in [-0.39, 0.29) is 18.2 Å². The van der Waals surface area contributed by atoms with Crippen molar-refractivity contribution in [2.45, 2.75) is 25.0 Å². The molecule has 168 valence electrons. The summed E-state index contributed by atoms with van der Waals surface area (Å²) in [6, 6.07) is 12.1. The first-order valence-electron chi connectivity index (χ1n) is 9.75. The highest BCUT2D eigenvalue weighted by Crippen LogP contribution is 2.27. The molecule has 1 aliphatic heterocycles. The van der Waals surface area contributed by atoms with Gasteiger partial charge in [-0.3, -0.25) is 0 Å². The van der Waals surface area contributed by atoms with Crippen molar-refractivity contribution in [3.63, 3.8) is 0 Å². The van der Waals surface area contributed by atoms with Crippen LogP contribution in [0.3, 0.4) is 0 Å². The van der Waals surface area contributed by atoms with Gasteiger partial charge in [-0.05, 0) is 61.3 Å². The van der Waals surface area contributed by atoms with Crippen molar-refractivity contribution < 1.29 is 38.4 Å². The van der Waals surface area contributed by atoms with Gasteiger partial charge < -0.3 is 25.0 Å². The number of carboxylic acid groups (broad SMARTS) is 2. The number of ether oxygens (including phenoxy) is 1. The van der Waals surface area contributed by atoms with E-state index in [0.717, 1.165) is 24.2 Å². The Morgan fingerprint density at radius 3 is 1.68 bits per heavy atom. The van der Waals surface area contributed by atoms with Crippen LogP contribution in [-0.4, -0.2) is 64.5 Å². The zero-order valence-electron chi connectivity index (χ0n) is 16.8. The van der Waals surface area contributed by atoms with E-state index in [4.69, 9.17) is 24.5 Å². The lowest BCUT2D eigenvalue weighted by atomic mass is 10.0. The molecule has 3 N–H and O–H groups in total. The molecule has 9 heteroatoms. The van der Waals surface area contributed by atoms with E-state index in [1.54, 1.807) is 24.3 Å². The lowest BCUT2D eigenvalue weighted by Crippen LogP contribution is -2.33. The summed E-state index contributed by atoms with van der Waals surface area (Å²) >= 11 is 0. The first-order valence-corrected chi connectivity index (χ1v) is 9.75. The van der Waals surface area contributed by atoms with Gasteiger partial charge in [0.1, 0.15) is 17.7 Å². The highest BCUT2D eigenvalue weighted by molar-refractivity contribution is 6.27. The van der Waals surface area contributed by atoms with Gasteiger partial charge in [0.15, 0.2) is 0 Å². The van der Waals surface area contributed by atoms with E-state index in [0.29, 0.717) is 6.54 Å². The lowest BCUT2D eigenvalue weighted by Gasteiger charge is -2.23. The Morgan fingerprint density at radius 1 is 0.871 bits per heavy atom. The van der Waals surface area contributed by atoms with Crippen molar-refractivity contribution in [2.75, 3.05) is 26.2 Å². The van der Waals surface area contributed by atoms with Crippen LogP contribution in [0.15, 0.2) is 48.5 Å². The van der Waals surface area contributed by atoms with E-state index < -0.39 is 24.1 Å². The van der Waals surface area contributed by atoms with Gasteiger partial charge >= 0.3 is 11.9 Å². The first-order chi connectivity index (χ1) is 14.8. The van der Waals surface area contributed by atoms with Crippen LogP contribution in [0.2, 0.25) is 0 Å². The molecule has 1 fully saturated rings. The highest BCUT2D eigenvalue weighted by Gasteiger charge is 2.20. The van der Waals surface area contributed by atoms with Crippen LogP contribution >= 0.6 is 0 Å². The number of benzene rings is 2. The maximum atomic E-state index is 13.2. The minimum atomic E-state index is -1.82. The van der Waals surface area contributed by atoms with Crippen LogP contribution in [0, 0.1) is 11.6 Å². The molecule has 2 aromatic carbocycles. The molecule has 1 saturated heterocycles. The number of likely N-dealkylation sites (tertiary alicyclic amines) is 1. The van der Waals surface area contributed by atoms with Crippen LogP contribution in [0.4, 0.5) is 8.78 Å². The molecule has 1 aliphatic rings. The van der Waals surface area contributed by atoms with E-state index in [9.17, 15) is 13.9 Å². The number of hydrogen-bond donors (Lipinski definition) is 3. The van der Waals surface area contributed by atoms with Crippen LogP contribution in [0.5, 0.6) is 0 Å². The van der Waals surface area contributed by atoms with E-state index >= 15 is 0 Å². The quantitative estimate of drug-likeness (QED) is 0.572. The zero-order valence-corrected chi connectivity index (χ0v) is 16.8. The van der Waals surface area contributed by atoms with Crippen LogP contribution in [0.1, 0.15) is 30.1 Å². The van der Waals surface area contributed by atoms with Crippen LogP contribution < -0.4 is 0 Å². The number of rotatable bonds is 7. The predicted molar refractivity (Wildman–Crippen MR) is 108 cm³/mol. The fourth-order valence-electron chi connectivity index (χ4n) is 3.18. The molecular formula is C22H25F2NO6. The SMILES string of the molecule is O=C(O)C(=O)O.OC(COC(c1ccc(F)cc1)c1ccc(F)cc1)CN1CCCC1. The van der Waals surface area contributed by atoms with Crippen molar-refractivity contribution in [3.05, 3.63) is 71.3 Å². The summed E-state index contributed by atoms with van der Waals surface area (Å²) < 4.78 is 32.4. The standard InChI is InChI=1S/C20H23F2NO2.C2H2O4/c21-17-7-3-15(4-8-17)20(16-5-9-18(22)10-6-16)25-14-19(24)13-23-11-1-2-12-23;3-1(4)2(5)6/h3-10,19-20,24H,1-2,11-14H2;(H,3,4)(H,5,6). The second-order valence-corrected chi connectivity index (χ2v) is 7.09. The second kappa shape index (κ2) is 12.1. The van der Waals surface area contributed by atoms with Gasteiger partial charge in [0.05, 0.1) is 12.7 Å². The van der Waals surface area contributed by atoms with E-state index in [1.807, 2.05) is 0 Å². The number of aliphatic carboxylic acids is 2. The van der Waals surface area contributed by atoms with Crippen molar-refractivity contribution in [1.82, 2.24) is 4.90 Å². The molecule has 1 heterocycles. The molecule has 0 spiro atoms. The number of hydrogen-bond acceptors (Lipinski definition) is 5. The van der Waals surface area contributed by atoms with Gasteiger partial charge in [-0.2, -0.15) is 0 Å². The molecule has 0 aromatic heterocycles. The van der Waals surface area contributed by atoms with E-state index in [1.165, 1.54) is 37.1 Å². The predicted octanol–water partition coefficient (Wildman–Crippen LogP) is 2.68. The Kier molecular flexibility index (Phi) is 9.51. The molecule has 0 bridgehead atoms. The smallest absolute Gasteiger partial charge is 0.414 e. The third kappa shape index (κ3) is 8.41. The molecule has 0 amide bonds. The van der Waals surface area contributed by atoms with E-state index in [2.05, 4.69) is 4.90 Å². The van der Waals surface area contributed by atoms with Gasteiger partial charge in [0.2, 0.25) is 0 Å². The topological polar surface area (TPSA) is 107 Å². The van der Waals surface area contributed by atoms with Crippen LogP contribution in [-0.2, 0) is 14.3 Å². The third-order valence-corrected chi connectivity index (χ3v) is 4.65. The molecule has 0 radical (unpaired) electrons. The molecule has 0 saturated carbocycles. The Morgan fingerprint density at radius 2 is 1.29 bits per heavy atom. The molecule has 7 nitrogen and oxygen atoms in total. The number of β-amino-alcohol motifs (C(OH)–C–C–N with tert-alkyl or cyclic N) is 1. The second-order valence-electron chi connectivity index (χ2n) is 7.09.